The summed E-state index contributed by atoms with van der Waals surface area (Å²) in [6, 6.07) is 52.6. The van der Waals surface area contributed by atoms with Crippen molar-refractivity contribution in [2.75, 3.05) is 0 Å². The van der Waals surface area contributed by atoms with E-state index < -0.39 is 0 Å². The highest BCUT2D eigenvalue weighted by Gasteiger charge is 2.16. The van der Waals surface area contributed by atoms with Crippen LogP contribution in [0.1, 0.15) is 0 Å². The van der Waals surface area contributed by atoms with Crippen molar-refractivity contribution >= 4 is 59.9 Å². The summed E-state index contributed by atoms with van der Waals surface area (Å²) in [4.78, 5) is 5.14. The molecule has 0 bridgehead atoms. The zero-order valence-corrected chi connectivity index (χ0v) is 22.3. The number of fused-ring (bicyclic) bond motifs is 11. The average molecular weight is 521 g/mol. The Morgan fingerprint density at radius 2 is 1.02 bits per heavy atom. The normalized spacial score (nSPS) is 11.9. The highest BCUT2D eigenvalue weighted by atomic mass is 15.0. The minimum Gasteiger partial charge on any atom is -0.292 e. The van der Waals surface area contributed by atoms with E-state index in [0.717, 1.165) is 16.7 Å². The van der Waals surface area contributed by atoms with Crippen LogP contribution in [0.5, 0.6) is 0 Å². The van der Waals surface area contributed by atoms with Crippen molar-refractivity contribution in [3.8, 4) is 22.3 Å². The molecule has 0 radical (unpaired) electrons. The minimum absolute atomic E-state index is 1.01. The summed E-state index contributed by atoms with van der Waals surface area (Å²) in [7, 11) is 0. The first-order valence-corrected chi connectivity index (χ1v) is 14.1. The van der Waals surface area contributed by atoms with Gasteiger partial charge in [0.25, 0.3) is 0 Å². The number of rotatable bonds is 2. The van der Waals surface area contributed by atoms with E-state index in [2.05, 4.69) is 150 Å². The first kappa shape index (κ1) is 22.4. The Bertz CT molecular complexity index is 2460. The fraction of sp³-hybridized carbons (Fsp3) is 0. The smallest absolute Gasteiger partial charge is 0.147 e. The van der Waals surface area contributed by atoms with Gasteiger partial charge in [-0.05, 0) is 79.5 Å². The summed E-state index contributed by atoms with van der Waals surface area (Å²) in [5.74, 6) is 0. The van der Waals surface area contributed by atoms with Crippen molar-refractivity contribution in [1.29, 1.82) is 0 Å². The van der Waals surface area contributed by atoms with Crippen molar-refractivity contribution in [1.82, 2.24) is 9.38 Å². The Kier molecular flexibility index (Phi) is 4.64. The van der Waals surface area contributed by atoms with Crippen LogP contribution in [0, 0.1) is 0 Å². The van der Waals surface area contributed by atoms with Gasteiger partial charge in [-0.2, -0.15) is 0 Å². The SMILES string of the molecule is c1ccc2cc(-c3ccc(-c4ccc5c(c4)c4ccc6ccccc6c4c4nc6ccccc6n54)cc3)ccc2c1. The summed E-state index contributed by atoms with van der Waals surface area (Å²) in [6.07, 6.45) is 0. The van der Waals surface area contributed by atoms with E-state index in [9.17, 15) is 0 Å². The third kappa shape index (κ3) is 3.34. The topological polar surface area (TPSA) is 17.3 Å². The van der Waals surface area contributed by atoms with Crippen LogP contribution in [0.15, 0.2) is 146 Å². The van der Waals surface area contributed by atoms with Crippen molar-refractivity contribution < 1.29 is 0 Å². The lowest BCUT2D eigenvalue weighted by molar-refractivity contribution is 1.32. The summed E-state index contributed by atoms with van der Waals surface area (Å²) < 4.78 is 2.34. The third-order valence-corrected chi connectivity index (χ3v) is 8.54. The number of pyridine rings is 1. The number of nitrogens with zero attached hydrogens (tertiary/aromatic N) is 2. The van der Waals surface area contributed by atoms with Crippen molar-refractivity contribution in [2.24, 2.45) is 0 Å². The van der Waals surface area contributed by atoms with Gasteiger partial charge in [-0.25, -0.2) is 4.98 Å². The van der Waals surface area contributed by atoms with Crippen LogP contribution in [0.25, 0.3) is 82.2 Å². The molecule has 0 amide bonds. The molecule has 190 valence electrons. The van der Waals surface area contributed by atoms with E-state index in [1.54, 1.807) is 0 Å². The van der Waals surface area contributed by atoms with Crippen molar-refractivity contribution in [2.45, 2.75) is 0 Å². The Hall–Kier alpha value is -5.47. The lowest BCUT2D eigenvalue weighted by Gasteiger charge is -2.13. The standard InChI is InChI=1S/C39H24N2/c1-2-9-29-23-30(18-17-25(29)7-1)26-13-15-27(16-14-26)31-20-22-36-34(24-31)33-21-19-28-8-3-4-10-32(28)38(33)39-40-35-11-5-6-12-37(35)41(36)39/h1-24H. The van der Waals surface area contributed by atoms with Crippen molar-refractivity contribution in [3.63, 3.8) is 0 Å². The quantitative estimate of drug-likeness (QED) is 0.207. The predicted molar refractivity (Wildman–Crippen MR) is 174 cm³/mol. The molecule has 0 aliphatic carbocycles. The second-order valence-electron chi connectivity index (χ2n) is 10.8. The van der Waals surface area contributed by atoms with Gasteiger partial charge in [-0.3, -0.25) is 4.40 Å². The van der Waals surface area contributed by atoms with Crippen LogP contribution in [0.3, 0.4) is 0 Å². The molecule has 0 fully saturated rings. The molecule has 0 saturated carbocycles. The van der Waals surface area contributed by atoms with Gasteiger partial charge in [0.05, 0.1) is 16.6 Å². The Balaban J connectivity index is 1.27. The lowest BCUT2D eigenvalue weighted by atomic mass is 9.95. The molecule has 0 N–H and O–H groups in total. The van der Waals surface area contributed by atoms with Crippen LogP contribution in [-0.4, -0.2) is 9.38 Å². The fourth-order valence-electron chi connectivity index (χ4n) is 6.52. The largest absolute Gasteiger partial charge is 0.292 e. The van der Waals surface area contributed by atoms with Gasteiger partial charge < -0.3 is 0 Å². The molecule has 2 heterocycles. The number of imidazole rings is 1. The highest BCUT2D eigenvalue weighted by molar-refractivity contribution is 6.23. The zero-order valence-electron chi connectivity index (χ0n) is 22.3. The molecule has 9 rings (SSSR count). The molecule has 2 aromatic heterocycles. The average Bonchev–Trinajstić information content (AvgIpc) is 3.44. The molecule has 2 nitrogen and oxygen atoms in total. The molecular formula is C39H24N2. The molecular weight excluding hydrogens is 496 g/mol. The van der Waals surface area contributed by atoms with Gasteiger partial charge in [-0.1, -0.05) is 115 Å². The zero-order chi connectivity index (χ0) is 26.9. The number of hydrogen-bond donors (Lipinski definition) is 0. The van der Waals surface area contributed by atoms with Gasteiger partial charge in [0, 0.05) is 10.8 Å². The second-order valence-corrected chi connectivity index (χ2v) is 10.8. The molecule has 9 aromatic rings. The van der Waals surface area contributed by atoms with E-state index >= 15 is 0 Å². The van der Waals surface area contributed by atoms with E-state index in [1.807, 2.05) is 0 Å². The fourth-order valence-corrected chi connectivity index (χ4v) is 6.52. The minimum atomic E-state index is 1.01. The molecule has 0 spiro atoms. The molecule has 0 atom stereocenters. The molecule has 0 saturated heterocycles. The van der Waals surface area contributed by atoms with Gasteiger partial charge >= 0.3 is 0 Å². The molecule has 2 heteroatoms. The van der Waals surface area contributed by atoms with Crippen LogP contribution in [0.4, 0.5) is 0 Å². The van der Waals surface area contributed by atoms with Gasteiger partial charge in [0.15, 0.2) is 0 Å². The van der Waals surface area contributed by atoms with Crippen LogP contribution in [0.2, 0.25) is 0 Å². The summed E-state index contributed by atoms with van der Waals surface area (Å²) in [5.41, 5.74) is 9.22. The number of benzene rings is 7. The Morgan fingerprint density at radius 3 is 1.88 bits per heavy atom. The lowest BCUT2D eigenvalue weighted by Crippen LogP contribution is -1.93. The molecule has 0 aliphatic heterocycles. The maximum atomic E-state index is 5.14. The first-order valence-electron chi connectivity index (χ1n) is 14.1. The van der Waals surface area contributed by atoms with Crippen molar-refractivity contribution in [3.05, 3.63) is 146 Å². The number of aromatic nitrogens is 2. The monoisotopic (exact) mass is 520 g/mol. The summed E-state index contributed by atoms with van der Waals surface area (Å²) >= 11 is 0. The van der Waals surface area contributed by atoms with E-state index in [4.69, 9.17) is 4.98 Å². The predicted octanol–water partition coefficient (Wildman–Crippen LogP) is 10.4. The highest BCUT2D eigenvalue weighted by Crippen LogP contribution is 2.38. The Labute approximate surface area is 236 Å². The molecule has 0 aliphatic rings. The maximum Gasteiger partial charge on any atom is 0.147 e. The summed E-state index contributed by atoms with van der Waals surface area (Å²) in [5, 5.41) is 8.67. The number of para-hydroxylation sites is 2. The number of hydrogen-bond acceptors (Lipinski definition) is 1. The molecule has 41 heavy (non-hydrogen) atoms. The van der Waals surface area contributed by atoms with Gasteiger partial charge in [0.1, 0.15) is 5.65 Å². The van der Waals surface area contributed by atoms with Crippen LogP contribution >= 0.6 is 0 Å². The molecule has 7 aromatic carbocycles. The van der Waals surface area contributed by atoms with E-state index in [-0.39, 0.29) is 0 Å². The third-order valence-electron chi connectivity index (χ3n) is 8.54. The Morgan fingerprint density at radius 1 is 0.390 bits per heavy atom. The molecule has 0 unspecified atom stereocenters. The van der Waals surface area contributed by atoms with Gasteiger partial charge in [0.2, 0.25) is 0 Å². The van der Waals surface area contributed by atoms with E-state index in [1.165, 1.54) is 65.5 Å². The first-order chi connectivity index (χ1) is 20.3. The van der Waals surface area contributed by atoms with Crippen LogP contribution < -0.4 is 0 Å². The van der Waals surface area contributed by atoms with Gasteiger partial charge in [-0.15, -0.1) is 0 Å². The maximum absolute atomic E-state index is 5.14. The summed E-state index contributed by atoms with van der Waals surface area (Å²) in [6.45, 7) is 0. The van der Waals surface area contributed by atoms with Crippen LogP contribution in [-0.2, 0) is 0 Å². The van der Waals surface area contributed by atoms with E-state index in [0.29, 0.717) is 0 Å². The second kappa shape index (κ2) is 8.51.